The summed E-state index contributed by atoms with van der Waals surface area (Å²) in [5.41, 5.74) is 0. The zero-order valence-electron chi connectivity index (χ0n) is 11.6. The van der Waals surface area contributed by atoms with Crippen molar-refractivity contribution in [3.63, 3.8) is 0 Å². The maximum absolute atomic E-state index is 9.99. The SMILES string of the molecule is OC[C@H]1O[C@@H]([C@@H]2O[C@H](CO)[C@@H](O)[C@H](O)[C@H]2O)[C@H](O)[C@@H](O)[C@@H]1O. The molecule has 2 heterocycles. The third kappa shape index (κ3) is 2.99. The van der Waals surface area contributed by atoms with Crippen LogP contribution in [0.25, 0.3) is 0 Å². The van der Waals surface area contributed by atoms with Crippen LogP contribution in [0.4, 0.5) is 0 Å². The highest BCUT2D eigenvalue weighted by molar-refractivity contribution is 5.02. The van der Waals surface area contributed by atoms with Crippen molar-refractivity contribution >= 4 is 0 Å². The van der Waals surface area contributed by atoms with Crippen LogP contribution in [0.3, 0.4) is 0 Å². The quantitative estimate of drug-likeness (QED) is 0.249. The van der Waals surface area contributed by atoms with Gasteiger partial charge in [0.2, 0.25) is 0 Å². The monoisotopic (exact) mass is 326 g/mol. The maximum Gasteiger partial charge on any atom is 0.115 e. The van der Waals surface area contributed by atoms with Crippen molar-refractivity contribution in [1.82, 2.24) is 0 Å². The second kappa shape index (κ2) is 7.01. The van der Waals surface area contributed by atoms with Gasteiger partial charge in [0, 0.05) is 0 Å². The molecule has 0 aromatic rings. The van der Waals surface area contributed by atoms with Crippen LogP contribution in [0.1, 0.15) is 0 Å². The zero-order chi connectivity index (χ0) is 16.6. The summed E-state index contributed by atoms with van der Waals surface area (Å²) in [4.78, 5) is 0. The van der Waals surface area contributed by atoms with E-state index >= 15 is 0 Å². The van der Waals surface area contributed by atoms with E-state index in [1.54, 1.807) is 0 Å². The molecule has 2 rings (SSSR count). The van der Waals surface area contributed by atoms with Gasteiger partial charge in [0.25, 0.3) is 0 Å². The van der Waals surface area contributed by atoms with Crippen molar-refractivity contribution < 1.29 is 50.3 Å². The minimum absolute atomic E-state index is 0.654. The molecule has 0 radical (unpaired) electrons. The fourth-order valence-electron chi connectivity index (χ4n) is 2.80. The fourth-order valence-corrected chi connectivity index (χ4v) is 2.80. The summed E-state index contributed by atoms with van der Waals surface area (Å²) in [5.74, 6) is 0. The number of aliphatic hydroxyl groups excluding tert-OH is 8. The standard InChI is InChI=1S/C12H22O10/c13-1-3-5(15)7(17)9(19)11(21-3)12-10(20)8(18)6(16)4(2-14)22-12/h3-20H,1-2H2/t3-,4-,5-,6-,7+,8+,9-,10-,11-,12-/m1/s1. The minimum Gasteiger partial charge on any atom is -0.394 e. The van der Waals surface area contributed by atoms with Crippen LogP contribution in [-0.2, 0) is 9.47 Å². The molecular weight excluding hydrogens is 304 g/mol. The zero-order valence-corrected chi connectivity index (χ0v) is 11.6. The molecule has 0 bridgehead atoms. The Morgan fingerprint density at radius 3 is 1.09 bits per heavy atom. The lowest BCUT2D eigenvalue weighted by molar-refractivity contribution is -0.302. The van der Waals surface area contributed by atoms with Gasteiger partial charge in [0.1, 0.15) is 61.0 Å². The number of hydrogen-bond acceptors (Lipinski definition) is 10. The molecule has 8 N–H and O–H groups in total. The molecular formula is C12H22O10. The van der Waals surface area contributed by atoms with Crippen molar-refractivity contribution in [1.29, 1.82) is 0 Å². The normalized spacial score (nSPS) is 53.5. The van der Waals surface area contributed by atoms with E-state index < -0.39 is 74.3 Å². The molecule has 2 aliphatic heterocycles. The van der Waals surface area contributed by atoms with E-state index in [0.29, 0.717) is 0 Å². The second-order valence-electron chi connectivity index (χ2n) is 5.59. The van der Waals surface area contributed by atoms with Gasteiger partial charge in [-0.1, -0.05) is 0 Å². The highest BCUT2D eigenvalue weighted by atomic mass is 16.6. The van der Waals surface area contributed by atoms with E-state index in [9.17, 15) is 30.6 Å². The lowest BCUT2D eigenvalue weighted by Gasteiger charge is -2.48. The third-order valence-corrected chi connectivity index (χ3v) is 4.18. The average molecular weight is 326 g/mol. The van der Waals surface area contributed by atoms with E-state index in [1.807, 2.05) is 0 Å². The van der Waals surface area contributed by atoms with Crippen LogP contribution < -0.4 is 0 Å². The van der Waals surface area contributed by atoms with E-state index in [2.05, 4.69) is 0 Å². The van der Waals surface area contributed by atoms with E-state index in [0.717, 1.165) is 0 Å². The van der Waals surface area contributed by atoms with Crippen molar-refractivity contribution in [2.45, 2.75) is 61.0 Å². The second-order valence-corrected chi connectivity index (χ2v) is 5.59. The summed E-state index contributed by atoms with van der Waals surface area (Å²) in [6, 6.07) is 0. The van der Waals surface area contributed by atoms with Crippen molar-refractivity contribution in [2.75, 3.05) is 13.2 Å². The molecule has 2 aliphatic rings. The minimum atomic E-state index is -1.67. The summed E-state index contributed by atoms with van der Waals surface area (Å²) >= 11 is 0. The van der Waals surface area contributed by atoms with Crippen molar-refractivity contribution in [3.05, 3.63) is 0 Å². The number of hydrogen-bond donors (Lipinski definition) is 8. The highest BCUT2D eigenvalue weighted by Gasteiger charge is 2.53. The van der Waals surface area contributed by atoms with Gasteiger partial charge in [-0.05, 0) is 0 Å². The molecule has 130 valence electrons. The Hall–Kier alpha value is -0.400. The highest BCUT2D eigenvalue weighted by Crippen LogP contribution is 2.31. The van der Waals surface area contributed by atoms with E-state index in [-0.39, 0.29) is 0 Å². The summed E-state index contributed by atoms with van der Waals surface area (Å²) < 4.78 is 10.5. The Balaban J connectivity index is 2.21. The molecule has 2 fully saturated rings. The Morgan fingerprint density at radius 1 is 0.500 bits per heavy atom. The number of ether oxygens (including phenoxy) is 2. The molecule has 0 aliphatic carbocycles. The molecule has 0 spiro atoms. The molecule has 0 aromatic carbocycles. The maximum atomic E-state index is 9.99. The van der Waals surface area contributed by atoms with Gasteiger partial charge >= 0.3 is 0 Å². The predicted molar refractivity (Wildman–Crippen MR) is 67.5 cm³/mol. The molecule has 10 heteroatoms. The van der Waals surface area contributed by atoms with Gasteiger partial charge in [-0.25, -0.2) is 0 Å². The molecule has 0 amide bonds. The van der Waals surface area contributed by atoms with Crippen LogP contribution in [-0.4, -0.2) is 115 Å². The smallest absolute Gasteiger partial charge is 0.115 e. The number of rotatable bonds is 3. The summed E-state index contributed by atoms with van der Waals surface area (Å²) in [6.07, 6.45) is -15.0. The van der Waals surface area contributed by atoms with Crippen molar-refractivity contribution in [3.8, 4) is 0 Å². The Kier molecular flexibility index (Phi) is 5.72. The van der Waals surface area contributed by atoms with Gasteiger partial charge < -0.3 is 50.3 Å². The Morgan fingerprint density at radius 2 is 0.818 bits per heavy atom. The Labute approximate surface area is 125 Å². The lowest BCUT2D eigenvalue weighted by Crippen LogP contribution is -2.68. The largest absolute Gasteiger partial charge is 0.394 e. The van der Waals surface area contributed by atoms with Crippen LogP contribution in [0.5, 0.6) is 0 Å². The average Bonchev–Trinajstić information content (AvgIpc) is 2.52. The fraction of sp³-hybridized carbons (Fsp3) is 1.00. The Bertz CT molecular complexity index is 330. The van der Waals surface area contributed by atoms with Crippen LogP contribution in [0.2, 0.25) is 0 Å². The summed E-state index contributed by atoms with van der Waals surface area (Å²) in [7, 11) is 0. The predicted octanol–water partition coefficient (Wildman–Crippen LogP) is -5.33. The van der Waals surface area contributed by atoms with E-state index in [4.69, 9.17) is 19.7 Å². The van der Waals surface area contributed by atoms with Gasteiger partial charge in [-0.15, -0.1) is 0 Å². The molecule has 2 saturated heterocycles. The van der Waals surface area contributed by atoms with Gasteiger partial charge in [0.15, 0.2) is 0 Å². The first-order chi connectivity index (χ1) is 10.3. The summed E-state index contributed by atoms with van der Waals surface area (Å²) in [6.45, 7) is -1.31. The molecule has 0 saturated carbocycles. The van der Waals surface area contributed by atoms with Gasteiger partial charge in [-0.3, -0.25) is 0 Å². The number of aliphatic hydroxyl groups is 8. The third-order valence-electron chi connectivity index (χ3n) is 4.18. The first kappa shape index (κ1) is 17.9. The van der Waals surface area contributed by atoms with Crippen LogP contribution in [0, 0.1) is 0 Å². The molecule has 0 unspecified atom stereocenters. The molecule has 22 heavy (non-hydrogen) atoms. The first-order valence-electron chi connectivity index (χ1n) is 6.94. The van der Waals surface area contributed by atoms with E-state index in [1.165, 1.54) is 0 Å². The lowest BCUT2D eigenvalue weighted by atomic mass is 9.86. The molecule has 10 atom stereocenters. The first-order valence-corrected chi connectivity index (χ1v) is 6.94. The molecule has 10 nitrogen and oxygen atoms in total. The summed E-state index contributed by atoms with van der Waals surface area (Å²) in [5, 5.41) is 77.1. The molecule has 0 aromatic heterocycles. The van der Waals surface area contributed by atoms with Crippen LogP contribution in [0.15, 0.2) is 0 Å². The van der Waals surface area contributed by atoms with Crippen LogP contribution >= 0.6 is 0 Å². The topological polar surface area (TPSA) is 180 Å². The van der Waals surface area contributed by atoms with Gasteiger partial charge in [0.05, 0.1) is 13.2 Å². The van der Waals surface area contributed by atoms with Gasteiger partial charge in [-0.2, -0.15) is 0 Å². The van der Waals surface area contributed by atoms with Crippen molar-refractivity contribution in [2.24, 2.45) is 0 Å².